The fourth-order valence-corrected chi connectivity index (χ4v) is 1.61. The van der Waals surface area contributed by atoms with Gasteiger partial charge >= 0.3 is 0 Å². The summed E-state index contributed by atoms with van der Waals surface area (Å²) >= 11 is 0. The van der Waals surface area contributed by atoms with Crippen LogP contribution in [0.4, 0.5) is 0 Å². The fourth-order valence-electron chi connectivity index (χ4n) is 1.61. The monoisotopic (exact) mass is 170 g/mol. The third-order valence-electron chi connectivity index (χ3n) is 2.33. The number of carbonyl (C=O) groups is 1. The molecule has 0 aromatic heterocycles. The first-order valence-corrected chi connectivity index (χ1v) is 4.71. The lowest BCUT2D eigenvalue weighted by Crippen LogP contribution is -2.36. The van der Waals surface area contributed by atoms with Crippen molar-refractivity contribution in [2.45, 2.75) is 32.2 Å². The summed E-state index contributed by atoms with van der Waals surface area (Å²) in [5.41, 5.74) is 0. The Balaban J connectivity index is 2.42. The molecule has 70 valence electrons. The van der Waals surface area contributed by atoms with Gasteiger partial charge in [-0.05, 0) is 6.42 Å². The van der Waals surface area contributed by atoms with E-state index in [1.54, 1.807) is 0 Å². The van der Waals surface area contributed by atoms with Gasteiger partial charge in [0, 0.05) is 32.6 Å². The van der Waals surface area contributed by atoms with Crippen molar-refractivity contribution in [2.75, 3.05) is 20.1 Å². The second-order valence-corrected chi connectivity index (χ2v) is 3.46. The Morgan fingerprint density at radius 3 is 3.08 bits per heavy atom. The Morgan fingerprint density at radius 1 is 1.67 bits per heavy atom. The number of nitrogens with zero attached hydrogens (tertiary/aromatic N) is 1. The zero-order valence-electron chi connectivity index (χ0n) is 7.97. The van der Waals surface area contributed by atoms with Crippen molar-refractivity contribution in [1.29, 1.82) is 0 Å². The molecule has 12 heavy (non-hydrogen) atoms. The van der Waals surface area contributed by atoms with Gasteiger partial charge in [0.05, 0.1) is 0 Å². The van der Waals surface area contributed by atoms with Gasteiger partial charge in [-0.1, -0.05) is 13.3 Å². The van der Waals surface area contributed by atoms with Gasteiger partial charge in [-0.25, -0.2) is 0 Å². The van der Waals surface area contributed by atoms with E-state index in [1.165, 1.54) is 6.42 Å². The summed E-state index contributed by atoms with van der Waals surface area (Å²) in [7, 11) is 1.89. The fraction of sp³-hybridized carbons (Fsp3) is 0.889. The maximum atomic E-state index is 11.2. The van der Waals surface area contributed by atoms with Crippen LogP contribution in [0.15, 0.2) is 0 Å². The van der Waals surface area contributed by atoms with Crippen LogP contribution in [0.1, 0.15) is 26.2 Å². The van der Waals surface area contributed by atoms with Crippen LogP contribution in [0.5, 0.6) is 0 Å². The minimum Gasteiger partial charge on any atom is -0.344 e. The third-order valence-corrected chi connectivity index (χ3v) is 2.33. The van der Waals surface area contributed by atoms with E-state index in [-0.39, 0.29) is 5.91 Å². The van der Waals surface area contributed by atoms with E-state index < -0.39 is 0 Å². The smallest absolute Gasteiger partial charge is 0.223 e. The lowest BCUT2D eigenvalue weighted by molar-refractivity contribution is -0.129. The second kappa shape index (κ2) is 4.45. The molecule has 1 saturated heterocycles. The molecule has 0 spiro atoms. The molecule has 1 fully saturated rings. The van der Waals surface area contributed by atoms with Crippen molar-refractivity contribution in [3.8, 4) is 0 Å². The second-order valence-electron chi connectivity index (χ2n) is 3.46. The van der Waals surface area contributed by atoms with Crippen molar-refractivity contribution in [3.63, 3.8) is 0 Å². The summed E-state index contributed by atoms with van der Waals surface area (Å²) in [6, 6.07) is 0.506. The molecule has 0 bridgehead atoms. The molecule has 0 aromatic rings. The van der Waals surface area contributed by atoms with Gasteiger partial charge in [0.15, 0.2) is 0 Å². The van der Waals surface area contributed by atoms with Crippen LogP contribution in [-0.4, -0.2) is 37.0 Å². The van der Waals surface area contributed by atoms with E-state index in [1.807, 2.05) is 11.9 Å². The number of amides is 1. The Hall–Kier alpha value is -0.570. The first kappa shape index (κ1) is 9.52. The number of nitrogens with one attached hydrogen (secondary N) is 1. The van der Waals surface area contributed by atoms with Crippen LogP contribution < -0.4 is 5.32 Å². The summed E-state index contributed by atoms with van der Waals surface area (Å²) in [4.78, 5) is 13.1. The lowest BCUT2D eigenvalue weighted by Gasteiger charge is -2.19. The van der Waals surface area contributed by atoms with Crippen LogP contribution in [0.3, 0.4) is 0 Å². The standard InChI is InChI=1S/C9H18N2O/c1-3-4-8-7-11(2)9(12)5-6-10-8/h8,10H,3-7H2,1-2H3. The maximum Gasteiger partial charge on any atom is 0.223 e. The molecule has 1 amide bonds. The minimum atomic E-state index is 0.265. The van der Waals surface area contributed by atoms with E-state index in [2.05, 4.69) is 12.2 Å². The maximum absolute atomic E-state index is 11.2. The molecule has 1 N–H and O–H groups in total. The molecular weight excluding hydrogens is 152 g/mol. The average Bonchev–Trinajstić information content (AvgIpc) is 2.16. The predicted molar refractivity (Wildman–Crippen MR) is 49.0 cm³/mol. The predicted octanol–water partition coefficient (Wildman–Crippen LogP) is 0.607. The minimum absolute atomic E-state index is 0.265. The molecule has 1 aliphatic heterocycles. The van der Waals surface area contributed by atoms with E-state index >= 15 is 0 Å². The highest BCUT2D eigenvalue weighted by Crippen LogP contribution is 2.04. The average molecular weight is 170 g/mol. The molecular formula is C9H18N2O. The highest BCUT2D eigenvalue weighted by Gasteiger charge is 2.18. The zero-order chi connectivity index (χ0) is 8.97. The summed E-state index contributed by atoms with van der Waals surface area (Å²) in [6.45, 7) is 3.88. The van der Waals surface area contributed by atoms with Gasteiger partial charge in [-0.15, -0.1) is 0 Å². The summed E-state index contributed by atoms with van der Waals surface area (Å²) in [5.74, 6) is 0.265. The largest absolute Gasteiger partial charge is 0.344 e. The van der Waals surface area contributed by atoms with Crippen LogP contribution in [0.25, 0.3) is 0 Å². The van der Waals surface area contributed by atoms with Gasteiger partial charge in [0.1, 0.15) is 0 Å². The summed E-state index contributed by atoms with van der Waals surface area (Å²) < 4.78 is 0. The number of hydrogen-bond donors (Lipinski definition) is 1. The van der Waals surface area contributed by atoms with Crippen LogP contribution >= 0.6 is 0 Å². The van der Waals surface area contributed by atoms with Gasteiger partial charge in [0.25, 0.3) is 0 Å². The number of carbonyl (C=O) groups excluding carboxylic acids is 1. The Morgan fingerprint density at radius 2 is 2.42 bits per heavy atom. The molecule has 0 saturated carbocycles. The summed E-state index contributed by atoms with van der Waals surface area (Å²) in [5, 5.41) is 3.38. The Kier molecular flexibility index (Phi) is 3.53. The van der Waals surface area contributed by atoms with Crippen molar-refractivity contribution >= 4 is 5.91 Å². The van der Waals surface area contributed by atoms with Gasteiger partial charge in [-0.3, -0.25) is 4.79 Å². The molecule has 1 atom stereocenters. The summed E-state index contributed by atoms with van der Waals surface area (Å²) in [6.07, 6.45) is 2.99. The van der Waals surface area contributed by atoms with E-state index in [0.29, 0.717) is 12.5 Å². The molecule has 1 unspecified atom stereocenters. The third kappa shape index (κ3) is 2.48. The van der Waals surface area contributed by atoms with E-state index in [9.17, 15) is 4.79 Å². The quantitative estimate of drug-likeness (QED) is 0.658. The SMILES string of the molecule is CCCC1CN(C)C(=O)CCN1. The number of likely N-dealkylation sites (N-methyl/N-ethyl adjacent to an activating group) is 1. The van der Waals surface area contributed by atoms with Crippen LogP contribution in [0.2, 0.25) is 0 Å². The van der Waals surface area contributed by atoms with Crippen molar-refractivity contribution in [3.05, 3.63) is 0 Å². The first-order valence-electron chi connectivity index (χ1n) is 4.71. The molecule has 1 aliphatic rings. The molecule has 1 rings (SSSR count). The van der Waals surface area contributed by atoms with Gasteiger partial charge in [0.2, 0.25) is 5.91 Å². The Bertz CT molecular complexity index is 159. The van der Waals surface area contributed by atoms with Crippen LogP contribution in [-0.2, 0) is 4.79 Å². The lowest BCUT2D eigenvalue weighted by atomic mass is 10.1. The van der Waals surface area contributed by atoms with E-state index in [0.717, 1.165) is 19.5 Å². The molecule has 3 nitrogen and oxygen atoms in total. The normalized spacial score (nSPS) is 25.7. The molecule has 3 heteroatoms. The van der Waals surface area contributed by atoms with Gasteiger partial charge in [-0.2, -0.15) is 0 Å². The molecule has 1 heterocycles. The molecule has 0 aliphatic carbocycles. The molecule has 0 aromatic carbocycles. The highest BCUT2D eigenvalue weighted by molar-refractivity contribution is 5.76. The van der Waals surface area contributed by atoms with E-state index in [4.69, 9.17) is 0 Å². The highest BCUT2D eigenvalue weighted by atomic mass is 16.2. The van der Waals surface area contributed by atoms with Crippen molar-refractivity contribution in [1.82, 2.24) is 10.2 Å². The number of rotatable bonds is 2. The first-order chi connectivity index (χ1) is 5.74. The van der Waals surface area contributed by atoms with Crippen molar-refractivity contribution in [2.24, 2.45) is 0 Å². The Labute approximate surface area is 74.1 Å². The van der Waals surface area contributed by atoms with Crippen LogP contribution in [0, 0.1) is 0 Å². The molecule has 0 radical (unpaired) electrons. The zero-order valence-corrected chi connectivity index (χ0v) is 7.97. The van der Waals surface area contributed by atoms with Crippen molar-refractivity contribution < 1.29 is 4.79 Å². The number of hydrogen-bond acceptors (Lipinski definition) is 2. The van der Waals surface area contributed by atoms with Gasteiger partial charge < -0.3 is 10.2 Å². The topological polar surface area (TPSA) is 32.3 Å².